The molecule has 0 heterocycles. The molecule has 9 heteroatoms. The van der Waals surface area contributed by atoms with Crippen molar-refractivity contribution in [1.82, 2.24) is 0 Å². The number of rotatable bonds is 6. The van der Waals surface area contributed by atoms with Gasteiger partial charge in [0.1, 0.15) is 29.0 Å². The molecule has 0 spiro atoms. The summed E-state index contributed by atoms with van der Waals surface area (Å²) in [6.45, 7) is 8.26. The summed E-state index contributed by atoms with van der Waals surface area (Å²) in [6.07, 6.45) is 5.00. The number of benzene rings is 1. The Hall–Kier alpha value is -2.82. The average molecular weight is 611 g/mol. The molecule has 0 amide bonds. The van der Waals surface area contributed by atoms with Crippen molar-refractivity contribution in [2.24, 2.45) is 16.7 Å². The van der Waals surface area contributed by atoms with Crippen LogP contribution in [0.5, 0.6) is 0 Å². The summed E-state index contributed by atoms with van der Waals surface area (Å²) in [7, 11) is 0. The third-order valence-electron chi connectivity index (χ3n) is 12.0. The van der Waals surface area contributed by atoms with E-state index in [4.69, 9.17) is 9.47 Å². The van der Waals surface area contributed by atoms with Crippen LogP contribution in [0.2, 0.25) is 0 Å². The number of fused-ring (bicyclic) bond motifs is 5. The minimum Gasteiger partial charge on any atom is -0.458 e. The van der Waals surface area contributed by atoms with Gasteiger partial charge in [0.15, 0.2) is 0 Å². The maximum Gasteiger partial charge on any atom is 0.333 e. The zero-order valence-corrected chi connectivity index (χ0v) is 26.2. The molecule has 44 heavy (non-hydrogen) atoms. The summed E-state index contributed by atoms with van der Waals surface area (Å²) in [4.78, 5) is 26.2. The van der Waals surface area contributed by atoms with Crippen LogP contribution in [-0.2, 0) is 19.1 Å². The lowest BCUT2D eigenvalue weighted by Gasteiger charge is -2.68. The van der Waals surface area contributed by atoms with Crippen molar-refractivity contribution in [2.45, 2.75) is 114 Å². The van der Waals surface area contributed by atoms with Gasteiger partial charge in [0, 0.05) is 29.4 Å². The second-order valence-electron chi connectivity index (χ2n) is 13.9. The van der Waals surface area contributed by atoms with Crippen molar-refractivity contribution in [1.29, 1.82) is 0 Å². The molecule has 4 aliphatic rings. The number of esters is 2. The molecule has 5 N–H and O–H groups in total. The Morgan fingerprint density at radius 1 is 1.02 bits per heavy atom. The highest BCUT2D eigenvalue weighted by atomic mass is 16.6. The van der Waals surface area contributed by atoms with Crippen LogP contribution in [0.15, 0.2) is 60.2 Å². The van der Waals surface area contributed by atoms with Gasteiger partial charge in [0.2, 0.25) is 0 Å². The number of hydrogen-bond donors (Lipinski definition) is 5. The number of ether oxygens (including phenoxy) is 2. The van der Waals surface area contributed by atoms with E-state index in [0.29, 0.717) is 18.4 Å². The molecule has 10 atom stereocenters. The number of carbonyl (C=O) groups is 2. The monoisotopic (exact) mass is 610 g/mol. The Bertz CT molecular complexity index is 1390. The van der Waals surface area contributed by atoms with Crippen molar-refractivity contribution in [3.8, 4) is 0 Å². The molecule has 4 aliphatic carbocycles. The largest absolute Gasteiger partial charge is 0.458 e. The average Bonchev–Trinajstić information content (AvgIpc) is 3.22. The van der Waals surface area contributed by atoms with E-state index in [2.05, 4.69) is 0 Å². The normalized spacial score (nSPS) is 44.0. The van der Waals surface area contributed by atoms with Crippen LogP contribution in [0.3, 0.4) is 0 Å². The van der Waals surface area contributed by atoms with E-state index in [1.807, 2.05) is 37.3 Å². The summed E-state index contributed by atoms with van der Waals surface area (Å²) in [5.74, 6) is -2.14. The van der Waals surface area contributed by atoms with Crippen LogP contribution < -0.4 is 0 Å². The van der Waals surface area contributed by atoms with Gasteiger partial charge in [0.05, 0.1) is 17.1 Å². The lowest BCUT2D eigenvalue weighted by molar-refractivity contribution is -0.327. The molecule has 240 valence electrons. The third kappa shape index (κ3) is 4.46. The molecule has 3 saturated carbocycles. The standard InChI is InChI=1S/C35H46O9/c1-6-22(2)29(38)43-23(3)33(40)18-19-35(42)31(33,5)27(44-28(37)13-12-24-10-8-7-9-11-24)20-26-30(4)15-14-25(36)21-32(30,39)16-17-34(26,35)41/h6-13,16-17,23,25-27,36,39-42H,14-15,18-21H2,1-5H3/b13-12+,22-6+/t23-,25-,26+,27+,30+,31+,32+,33-,34-,35+/m0/s1. The first kappa shape index (κ1) is 32.6. The minimum atomic E-state index is -2.06. The predicted octanol–water partition coefficient (Wildman–Crippen LogP) is 3.37. The summed E-state index contributed by atoms with van der Waals surface area (Å²) in [5, 5.41) is 60.1. The second kappa shape index (κ2) is 10.9. The Labute approximate surface area is 258 Å². The first-order chi connectivity index (χ1) is 20.5. The lowest BCUT2D eigenvalue weighted by atomic mass is 9.41. The van der Waals surface area contributed by atoms with Crippen molar-refractivity contribution < 1.29 is 44.6 Å². The van der Waals surface area contributed by atoms with Crippen molar-refractivity contribution >= 4 is 18.0 Å². The van der Waals surface area contributed by atoms with Crippen LogP contribution in [0.25, 0.3) is 6.08 Å². The van der Waals surface area contributed by atoms with Gasteiger partial charge in [-0.25, -0.2) is 9.59 Å². The SMILES string of the molecule is C/C=C(\C)C(=O)O[C@@H](C)[C@@]1(O)CC[C@@]2(O)[C@]1(C)[C@H](OC(=O)/C=C/c1ccccc1)C[C@H]1[C@@]2(O)C=C[C@@]2(O)C[C@@H](O)CC[C@]12C. The fourth-order valence-electron chi connectivity index (χ4n) is 8.87. The Kier molecular flexibility index (Phi) is 8.08. The van der Waals surface area contributed by atoms with Gasteiger partial charge >= 0.3 is 11.9 Å². The van der Waals surface area contributed by atoms with E-state index in [1.165, 1.54) is 18.2 Å². The van der Waals surface area contributed by atoms with Crippen LogP contribution in [0, 0.1) is 16.7 Å². The number of carbonyl (C=O) groups excluding carboxylic acids is 2. The molecule has 0 radical (unpaired) electrons. The quantitative estimate of drug-likeness (QED) is 0.185. The van der Waals surface area contributed by atoms with E-state index in [-0.39, 0.29) is 25.7 Å². The maximum absolute atomic E-state index is 13.4. The van der Waals surface area contributed by atoms with Gasteiger partial charge in [0.25, 0.3) is 0 Å². The zero-order chi connectivity index (χ0) is 32.3. The predicted molar refractivity (Wildman–Crippen MR) is 163 cm³/mol. The molecule has 1 aromatic carbocycles. The molecule has 0 aliphatic heterocycles. The van der Waals surface area contributed by atoms with Crippen LogP contribution in [-0.4, -0.2) is 78.2 Å². The fourth-order valence-corrected chi connectivity index (χ4v) is 8.87. The summed E-state index contributed by atoms with van der Waals surface area (Å²) in [6, 6.07) is 9.19. The topological polar surface area (TPSA) is 154 Å². The van der Waals surface area contributed by atoms with E-state index in [9.17, 15) is 35.1 Å². The molecule has 0 bridgehead atoms. The number of hydrogen-bond acceptors (Lipinski definition) is 9. The zero-order valence-electron chi connectivity index (χ0n) is 26.2. The minimum absolute atomic E-state index is 0.00363. The highest BCUT2D eigenvalue weighted by Crippen LogP contribution is 2.71. The fraction of sp³-hybridized carbons (Fsp3) is 0.600. The number of aliphatic hydroxyl groups is 5. The molecule has 3 fully saturated rings. The molecule has 0 unspecified atom stereocenters. The maximum atomic E-state index is 13.4. The van der Waals surface area contributed by atoms with Gasteiger partial charge in [-0.3, -0.25) is 0 Å². The van der Waals surface area contributed by atoms with Crippen molar-refractivity contribution in [3.63, 3.8) is 0 Å². The van der Waals surface area contributed by atoms with Crippen LogP contribution >= 0.6 is 0 Å². The smallest absolute Gasteiger partial charge is 0.333 e. The van der Waals surface area contributed by atoms with E-state index in [0.717, 1.165) is 5.56 Å². The van der Waals surface area contributed by atoms with Gasteiger partial charge < -0.3 is 35.0 Å². The molecular weight excluding hydrogens is 564 g/mol. The van der Waals surface area contributed by atoms with Crippen molar-refractivity contribution in [2.75, 3.05) is 0 Å². The molecular formula is C35H46O9. The summed E-state index contributed by atoms with van der Waals surface area (Å²) >= 11 is 0. The highest BCUT2D eigenvalue weighted by Gasteiger charge is 2.82. The summed E-state index contributed by atoms with van der Waals surface area (Å²) < 4.78 is 11.8. The Balaban J connectivity index is 1.61. The van der Waals surface area contributed by atoms with Gasteiger partial charge in [-0.15, -0.1) is 0 Å². The third-order valence-corrected chi connectivity index (χ3v) is 12.0. The van der Waals surface area contributed by atoms with Crippen molar-refractivity contribution in [3.05, 3.63) is 65.8 Å². The summed E-state index contributed by atoms with van der Waals surface area (Å²) in [5.41, 5.74) is -8.98. The Morgan fingerprint density at radius 2 is 1.70 bits per heavy atom. The van der Waals surface area contributed by atoms with Gasteiger partial charge in [-0.2, -0.15) is 0 Å². The Morgan fingerprint density at radius 3 is 2.36 bits per heavy atom. The van der Waals surface area contributed by atoms with E-state index >= 15 is 0 Å². The molecule has 9 nitrogen and oxygen atoms in total. The number of allylic oxidation sites excluding steroid dienone is 1. The highest BCUT2D eigenvalue weighted by molar-refractivity contribution is 5.88. The number of aliphatic hydroxyl groups excluding tert-OH is 1. The van der Waals surface area contributed by atoms with Gasteiger partial charge in [-0.1, -0.05) is 62.4 Å². The molecule has 0 saturated heterocycles. The second-order valence-corrected chi connectivity index (χ2v) is 13.9. The first-order valence-corrected chi connectivity index (χ1v) is 15.6. The van der Waals surface area contributed by atoms with E-state index < -0.39 is 69.4 Å². The molecule has 5 rings (SSSR count). The van der Waals surface area contributed by atoms with Gasteiger partial charge in [-0.05, 0) is 64.5 Å². The first-order valence-electron chi connectivity index (χ1n) is 15.6. The van der Waals surface area contributed by atoms with E-state index in [1.54, 1.807) is 39.8 Å². The lowest BCUT2D eigenvalue weighted by Crippen LogP contribution is -2.80. The molecule has 0 aromatic heterocycles. The van der Waals surface area contributed by atoms with Crippen LogP contribution in [0.1, 0.15) is 78.7 Å². The van der Waals surface area contributed by atoms with Crippen LogP contribution in [0.4, 0.5) is 0 Å². The molecule has 1 aromatic rings.